The van der Waals surface area contributed by atoms with Gasteiger partial charge in [0.05, 0.1) is 16.6 Å². The molecule has 6 heteroatoms. The number of imidazole rings is 1. The number of carbonyl (C=O) groups is 1. The molecule has 2 unspecified atom stereocenters. The van der Waals surface area contributed by atoms with Crippen LogP contribution in [0.1, 0.15) is 64.9 Å². The third kappa shape index (κ3) is 5.73. The maximum absolute atomic E-state index is 12.7. The maximum Gasteiger partial charge on any atom is 0.337 e. The van der Waals surface area contributed by atoms with Gasteiger partial charge in [0, 0.05) is 16.2 Å². The number of ether oxygens (including phenoxy) is 1. The second kappa shape index (κ2) is 10.3. The number of halogens is 1. The van der Waals surface area contributed by atoms with Gasteiger partial charge in [-0.1, -0.05) is 54.4 Å². The minimum atomic E-state index is -1.13. The van der Waals surface area contributed by atoms with E-state index in [0.717, 1.165) is 56.7 Å². The molecule has 0 aliphatic heterocycles. The Labute approximate surface area is 223 Å². The van der Waals surface area contributed by atoms with Crippen LogP contribution < -0.4 is 0 Å². The number of allylic oxidation sites excluding steroid dienone is 4. The molecule has 0 saturated carbocycles. The van der Waals surface area contributed by atoms with Gasteiger partial charge in [0.1, 0.15) is 5.82 Å². The van der Waals surface area contributed by atoms with Gasteiger partial charge in [-0.25, -0.2) is 9.78 Å². The smallest absolute Gasteiger partial charge is 0.337 e. The van der Waals surface area contributed by atoms with E-state index < -0.39 is 17.7 Å². The third-order valence-corrected chi connectivity index (χ3v) is 6.98. The van der Waals surface area contributed by atoms with Gasteiger partial charge >= 0.3 is 5.97 Å². The molecule has 1 aromatic heterocycles. The molecule has 5 nitrogen and oxygen atoms in total. The molecule has 0 fully saturated rings. The van der Waals surface area contributed by atoms with E-state index in [1.165, 1.54) is 0 Å². The summed E-state index contributed by atoms with van der Waals surface area (Å²) in [5, 5.41) is 11.0. The molecule has 2 atom stereocenters. The molecule has 1 aliphatic rings. The Bertz CT molecular complexity index is 1440. The molecule has 1 aliphatic carbocycles. The van der Waals surface area contributed by atoms with Gasteiger partial charge < -0.3 is 14.8 Å². The van der Waals surface area contributed by atoms with Crippen molar-refractivity contribution >= 4 is 39.7 Å². The van der Waals surface area contributed by atoms with E-state index in [1.807, 2.05) is 52.8 Å². The number of aromatic nitrogens is 2. The summed E-state index contributed by atoms with van der Waals surface area (Å²) in [6, 6.07) is 13.8. The lowest BCUT2D eigenvalue weighted by atomic mass is 9.79. The monoisotopic (exact) mass is 518 g/mol. The number of benzene rings is 2. The standard InChI is InChI=1S/C31H35ClN2O3/c1-17-8-12-21(13-9-17)27-20(4)25(29-33-23-15-14-22(32)16-24(23)34-29)18(2)10-11-19(3)26(27)28(30(35)36)37-31(5,6)7/h8-9,11-16,18,28H,10H2,1-7H3,(H,33,34)(H,35,36). The van der Waals surface area contributed by atoms with Crippen molar-refractivity contribution in [2.45, 2.75) is 66.6 Å². The Balaban J connectivity index is 2.08. The molecule has 0 bridgehead atoms. The summed E-state index contributed by atoms with van der Waals surface area (Å²) in [6.07, 6.45) is 1.73. The number of hydrogen-bond donors (Lipinski definition) is 2. The Morgan fingerprint density at radius 1 is 1.14 bits per heavy atom. The van der Waals surface area contributed by atoms with Crippen molar-refractivity contribution in [1.29, 1.82) is 0 Å². The minimum absolute atomic E-state index is 0.139. The van der Waals surface area contributed by atoms with E-state index in [2.05, 4.69) is 49.2 Å². The number of aryl methyl sites for hydroxylation is 1. The summed E-state index contributed by atoms with van der Waals surface area (Å²) in [4.78, 5) is 21.1. The first kappa shape index (κ1) is 26.9. The summed E-state index contributed by atoms with van der Waals surface area (Å²) >= 11 is 6.24. The fourth-order valence-corrected chi connectivity index (χ4v) is 5.19. The number of hydrogen-bond acceptors (Lipinski definition) is 3. The van der Waals surface area contributed by atoms with Gasteiger partial charge in [-0.15, -0.1) is 0 Å². The summed E-state index contributed by atoms with van der Waals surface area (Å²) in [5.41, 5.74) is 7.60. The number of aromatic amines is 1. The topological polar surface area (TPSA) is 75.2 Å². The van der Waals surface area contributed by atoms with Gasteiger partial charge in [0.2, 0.25) is 0 Å². The fourth-order valence-electron chi connectivity index (χ4n) is 5.02. The summed E-state index contributed by atoms with van der Waals surface area (Å²) in [5.74, 6) is -0.105. The third-order valence-electron chi connectivity index (χ3n) is 6.74. The highest BCUT2D eigenvalue weighted by molar-refractivity contribution is 6.31. The van der Waals surface area contributed by atoms with Crippen LogP contribution in [0.5, 0.6) is 0 Å². The lowest BCUT2D eigenvalue weighted by Gasteiger charge is -2.31. The summed E-state index contributed by atoms with van der Waals surface area (Å²) in [6.45, 7) is 13.9. The number of nitrogens with one attached hydrogen (secondary N) is 1. The first-order valence-corrected chi connectivity index (χ1v) is 13.0. The number of nitrogens with zero attached hydrogens (tertiary/aromatic N) is 1. The molecule has 3 aromatic rings. The van der Waals surface area contributed by atoms with Crippen molar-refractivity contribution in [2.75, 3.05) is 0 Å². The highest BCUT2D eigenvalue weighted by Gasteiger charge is 2.34. The van der Waals surface area contributed by atoms with Gasteiger partial charge in [0.15, 0.2) is 6.10 Å². The fraction of sp³-hybridized carbons (Fsp3) is 0.355. The molecule has 0 amide bonds. The van der Waals surface area contributed by atoms with Crippen LogP contribution in [0.25, 0.3) is 22.2 Å². The normalized spacial score (nSPS) is 18.1. The Morgan fingerprint density at radius 2 is 1.81 bits per heavy atom. The predicted octanol–water partition coefficient (Wildman–Crippen LogP) is 8.01. The van der Waals surface area contributed by atoms with Gasteiger partial charge in [0.25, 0.3) is 0 Å². The van der Waals surface area contributed by atoms with Crippen LogP contribution in [0.4, 0.5) is 0 Å². The molecule has 1 heterocycles. The minimum Gasteiger partial charge on any atom is -0.479 e. The molecule has 0 spiro atoms. The number of rotatable bonds is 5. The van der Waals surface area contributed by atoms with Crippen molar-refractivity contribution in [3.8, 4) is 0 Å². The number of H-pyrrole nitrogens is 1. The van der Waals surface area contributed by atoms with E-state index in [9.17, 15) is 9.90 Å². The van der Waals surface area contributed by atoms with Crippen LogP contribution in [0.15, 0.2) is 65.3 Å². The van der Waals surface area contributed by atoms with Crippen molar-refractivity contribution in [3.63, 3.8) is 0 Å². The molecule has 0 radical (unpaired) electrons. The molecule has 2 aromatic carbocycles. The number of aliphatic carboxylic acids is 1. The van der Waals surface area contributed by atoms with E-state index in [-0.39, 0.29) is 5.92 Å². The second-order valence-electron chi connectivity index (χ2n) is 10.9. The number of carboxylic acid groups (broad SMARTS) is 1. The lowest BCUT2D eigenvalue weighted by molar-refractivity contribution is -0.155. The Hall–Kier alpha value is -3.15. The second-order valence-corrected chi connectivity index (χ2v) is 11.3. The van der Waals surface area contributed by atoms with Crippen molar-refractivity contribution in [3.05, 3.63) is 87.2 Å². The molecule has 0 saturated heterocycles. The Morgan fingerprint density at radius 3 is 2.43 bits per heavy atom. The van der Waals surface area contributed by atoms with Crippen molar-refractivity contribution in [1.82, 2.24) is 9.97 Å². The largest absolute Gasteiger partial charge is 0.479 e. The quantitative estimate of drug-likeness (QED) is 0.358. The molecule has 2 N–H and O–H groups in total. The zero-order valence-corrected chi connectivity index (χ0v) is 23.3. The highest BCUT2D eigenvalue weighted by atomic mass is 35.5. The van der Waals surface area contributed by atoms with Crippen molar-refractivity contribution in [2.24, 2.45) is 5.92 Å². The van der Waals surface area contributed by atoms with Crippen LogP contribution in [0.3, 0.4) is 0 Å². The Kier molecular flexibility index (Phi) is 7.50. The van der Waals surface area contributed by atoms with Crippen LogP contribution in [0.2, 0.25) is 5.02 Å². The number of fused-ring (bicyclic) bond motifs is 1. The highest BCUT2D eigenvalue weighted by Crippen LogP contribution is 2.42. The summed E-state index contributed by atoms with van der Waals surface area (Å²) in [7, 11) is 0. The predicted molar refractivity (Wildman–Crippen MR) is 152 cm³/mol. The SMILES string of the molecule is CC1=CCC(C)C(c2nc3ccc(Cl)cc3[nH]2)=C(C)C(c2ccc(C)cc2)=C1C(OC(C)(C)C)C(=O)O. The zero-order valence-electron chi connectivity index (χ0n) is 22.6. The van der Waals surface area contributed by atoms with Crippen LogP contribution in [-0.4, -0.2) is 32.7 Å². The molecule has 37 heavy (non-hydrogen) atoms. The van der Waals surface area contributed by atoms with Gasteiger partial charge in [-0.3, -0.25) is 0 Å². The average Bonchev–Trinajstić information content (AvgIpc) is 3.21. The summed E-state index contributed by atoms with van der Waals surface area (Å²) < 4.78 is 6.20. The lowest BCUT2D eigenvalue weighted by Crippen LogP contribution is -2.36. The molecule has 194 valence electrons. The first-order valence-electron chi connectivity index (χ1n) is 12.6. The molecular weight excluding hydrogens is 484 g/mol. The van der Waals surface area contributed by atoms with E-state index in [0.29, 0.717) is 10.6 Å². The molecular formula is C31H35ClN2O3. The van der Waals surface area contributed by atoms with Crippen LogP contribution in [-0.2, 0) is 9.53 Å². The van der Waals surface area contributed by atoms with Crippen LogP contribution >= 0.6 is 11.6 Å². The van der Waals surface area contributed by atoms with E-state index >= 15 is 0 Å². The average molecular weight is 519 g/mol. The van der Waals surface area contributed by atoms with Gasteiger partial charge in [-0.2, -0.15) is 0 Å². The number of carboxylic acids is 1. The van der Waals surface area contributed by atoms with Crippen molar-refractivity contribution < 1.29 is 14.6 Å². The zero-order chi connectivity index (χ0) is 27.1. The van der Waals surface area contributed by atoms with Crippen LogP contribution in [0, 0.1) is 12.8 Å². The van der Waals surface area contributed by atoms with Gasteiger partial charge in [-0.05, 0) is 94.4 Å². The first-order chi connectivity index (χ1) is 17.4. The van der Waals surface area contributed by atoms with E-state index in [4.69, 9.17) is 21.3 Å². The maximum atomic E-state index is 12.7. The van der Waals surface area contributed by atoms with E-state index in [1.54, 1.807) is 0 Å². The molecule has 4 rings (SSSR count).